The quantitative estimate of drug-likeness (QED) is 0.932. The van der Waals surface area contributed by atoms with E-state index in [9.17, 15) is 9.90 Å². The van der Waals surface area contributed by atoms with Crippen LogP contribution >= 0.6 is 0 Å². The van der Waals surface area contributed by atoms with Crippen molar-refractivity contribution >= 4 is 6.03 Å². The fourth-order valence-electron chi connectivity index (χ4n) is 3.53. The van der Waals surface area contributed by atoms with Crippen LogP contribution in [0.1, 0.15) is 31.2 Å². The Bertz CT molecular complexity index is 529. The highest BCUT2D eigenvalue weighted by Crippen LogP contribution is 2.24. The summed E-state index contributed by atoms with van der Waals surface area (Å²) >= 11 is 0. The van der Waals surface area contributed by atoms with E-state index in [4.69, 9.17) is 4.74 Å². The van der Waals surface area contributed by atoms with Crippen molar-refractivity contribution in [3.63, 3.8) is 0 Å². The Hall–Kier alpha value is -1.75. The normalized spacial score (nSPS) is 22.2. The summed E-state index contributed by atoms with van der Waals surface area (Å²) in [7, 11) is 0. The number of urea groups is 1. The van der Waals surface area contributed by atoms with Gasteiger partial charge in [-0.2, -0.15) is 0 Å². The minimum atomic E-state index is 0.175. The Morgan fingerprint density at radius 3 is 2.83 bits per heavy atom. The lowest BCUT2D eigenvalue weighted by Gasteiger charge is -2.40. The van der Waals surface area contributed by atoms with E-state index in [0.29, 0.717) is 38.1 Å². The molecule has 0 spiro atoms. The summed E-state index contributed by atoms with van der Waals surface area (Å²) in [6.45, 7) is 3.56. The van der Waals surface area contributed by atoms with Crippen LogP contribution in [0.25, 0.3) is 0 Å². The molecule has 23 heavy (non-hydrogen) atoms. The van der Waals surface area contributed by atoms with Crippen LogP contribution in [-0.4, -0.2) is 59.8 Å². The van der Waals surface area contributed by atoms with E-state index in [0.717, 1.165) is 37.8 Å². The number of benzene rings is 1. The average Bonchev–Trinajstić information content (AvgIpc) is 2.60. The zero-order valence-corrected chi connectivity index (χ0v) is 13.6. The van der Waals surface area contributed by atoms with Gasteiger partial charge in [-0.25, -0.2) is 4.79 Å². The number of rotatable bonds is 3. The van der Waals surface area contributed by atoms with Gasteiger partial charge in [0.15, 0.2) is 0 Å². The number of ether oxygens (including phenoxy) is 1. The largest absolute Gasteiger partial charge is 0.508 e. The lowest BCUT2D eigenvalue weighted by Crippen LogP contribution is -2.53. The second kappa shape index (κ2) is 7.68. The Morgan fingerprint density at radius 2 is 2.04 bits per heavy atom. The van der Waals surface area contributed by atoms with Gasteiger partial charge in [-0.05, 0) is 49.8 Å². The van der Waals surface area contributed by atoms with Crippen molar-refractivity contribution in [3.8, 4) is 5.75 Å². The van der Waals surface area contributed by atoms with Gasteiger partial charge in [-0.3, -0.25) is 0 Å². The van der Waals surface area contributed by atoms with Crippen LogP contribution in [0.3, 0.4) is 0 Å². The predicted octanol–water partition coefficient (Wildman–Crippen LogP) is 2.63. The highest BCUT2D eigenvalue weighted by Gasteiger charge is 2.30. The molecule has 0 aliphatic carbocycles. The van der Waals surface area contributed by atoms with E-state index >= 15 is 0 Å². The van der Waals surface area contributed by atoms with E-state index in [1.54, 1.807) is 6.07 Å². The summed E-state index contributed by atoms with van der Waals surface area (Å²) in [5, 5.41) is 9.58. The molecule has 0 aromatic heterocycles. The first kappa shape index (κ1) is 16.1. The van der Waals surface area contributed by atoms with Gasteiger partial charge in [0.25, 0.3) is 0 Å². The average molecular weight is 318 g/mol. The van der Waals surface area contributed by atoms with Crippen LogP contribution in [0.5, 0.6) is 5.75 Å². The number of likely N-dealkylation sites (tertiary alicyclic amines) is 1. The number of aryl methyl sites for hydroxylation is 1. The van der Waals surface area contributed by atoms with Crippen LogP contribution < -0.4 is 0 Å². The molecule has 2 heterocycles. The molecular formula is C18H26N2O3. The number of hydrogen-bond donors (Lipinski definition) is 1. The Morgan fingerprint density at radius 1 is 1.22 bits per heavy atom. The fourth-order valence-corrected chi connectivity index (χ4v) is 3.53. The molecule has 0 radical (unpaired) electrons. The van der Waals surface area contributed by atoms with Crippen molar-refractivity contribution in [2.45, 2.75) is 38.1 Å². The molecule has 2 amide bonds. The number of phenolic OH excluding ortho intramolecular Hbond substituents is 1. The number of hydrogen-bond acceptors (Lipinski definition) is 3. The van der Waals surface area contributed by atoms with Gasteiger partial charge in [0.1, 0.15) is 5.75 Å². The van der Waals surface area contributed by atoms with Crippen molar-refractivity contribution in [1.29, 1.82) is 0 Å². The van der Waals surface area contributed by atoms with Crippen LogP contribution in [0.15, 0.2) is 24.3 Å². The number of amides is 2. The van der Waals surface area contributed by atoms with Gasteiger partial charge >= 0.3 is 6.03 Å². The third-order valence-corrected chi connectivity index (χ3v) is 4.83. The van der Waals surface area contributed by atoms with E-state index in [-0.39, 0.29) is 6.03 Å². The molecule has 1 aromatic carbocycles. The number of carbonyl (C=O) groups excluding carboxylic acids is 1. The standard InChI is InChI=1S/C18H26N2O3/c21-17-6-3-4-15(14-17)7-8-16-5-1-2-9-20(16)18(22)19-10-12-23-13-11-19/h3-4,6,14,16,21H,1-2,5,7-13H2/t16-/m0/s1. The summed E-state index contributed by atoms with van der Waals surface area (Å²) in [6.07, 6.45) is 5.22. The maximum atomic E-state index is 12.8. The fraction of sp³-hybridized carbons (Fsp3) is 0.611. The summed E-state index contributed by atoms with van der Waals surface area (Å²) in [5.41, 5.74) is 1.13. The summed E-state index contributed by atoms with van der Waals surface area (Å²) in [4.78, 5) is 16.8. The molecule has 1 aromatic rings. The molecule has 5 heteroatoms. The van der Waals surface area contributed by atoms with Crippen molar-refractivity contribution in [1.82, 2.24) is 9.80 Å². The smallest absolute Gasteiger partial charge is 0.320 e. The molecule has 0 unspecified atom stereocenters. The second-order valence-electron chi connectivity index (χ2n) is 6.43. The second-order valence-corrected chi connectivity index (χ2v) is 6.43. The first-order chi connectivity index (χ1) is 11.2. The van der Waals surface area contributed by atoms with Crippen LogP contribution in [0.4, 0.5) is 4.79 Å². The van der Waals surface area contributed by atoms with Crippen molar-refractivity contribution in [3.05, 3.63) is 29.8 Å². The van der Waals surface area contributed by atoms with E-state index in [2.05, 4.69) is 4.90 Å². The van der Waals surface area contributed by atoms with E-state index in [1.807, 2.05) is 23.1 Å². The number of aromatic hydroxyl groups is 1. The predicted molar refractivity (Wildman–Crippen MR) is 88.6 cm³/mol. The summed E-state index contributed by atoms with van der Waals surface area (Å²) in [5.74, 6) is 0.312. The summed E-state index contributed by atoms with van der Waals surface area (Å²) < 4.78 is 5.34. The Kier molecular flexibility index (Phi) is 5.39. The zero-order valence-electron chi connectivity index (χ0n) is 13.6. The van der Waals surface area contributed by atoms with Crippen LogP contribution in [0.2, 0.25) is 0 Å². The molecule has 2 aliphatic heterocycles. The highest BCUT2D eigenvalue weighted by molar-refractivity contribution is 5.75. The molecule has 2 saturated heterocycles. The van der Waals surface area contributed by atoms with E-state index in [1.165, 1.54) is 6.42 Å². The Balaban J connectivity index is 1.60. The molecule has 1 N–H and O–H groups in total. The third kappa shape index (κ3) is 4.16. The number of morpholine rings is 1. The van der Waals surface area contributed by atoms with Crippen molar-refractivity contribution in [2.75, 3.05) is 32.8 Å². The Labute approximate surface area is 137 Å². The number of piperidine rings is 1. The SMILES string of the molecule is O=C(N1CCOCC1)N1CCCC[C@H]1CCc1cccc(O)c1. The number of carbonyl (C=O) groups is 1. The van der Waals surface area contributed by atoms with Crippen LogP contribution in [0, 0.1) is 0 Å². The molecule has 126 valence electrons. The molecule has 5 nitrogen and oxygen atoms in total. The molecule has 3 rings (SSSR count). The first-order valence-corrected chi connectivity index (χ1v) is 8.65. The molecule has 2 aliphatic rings. The summed E-state index contributed by atoms with van der Waals surface area (Å²) in [6, 6.07) is 7.91. The third-order valence-electron chi connectivity index (χ3n) is 4.83. The van der Waals surface area contributed by atoms with Gasteiger partial charge in [-0.15, -0.1) is 0 Å². The van der Waals surface area contributed by atoms with Gasteiger partial charge in [0.2, 0.25) is 0 Å². The van der Waals surface area contributed by atoms with Crippen molar-refractivity contribution < 1.29 is 14.6 Å². The molecule has 2 fully saturated rings. The minimum Gasteiger partial charge on any atom is -0.508 e. The molecule has 0 bridgehead atoms. The maximum Gasteiger partial charge on any atom is 0.320 e. The molecular weight excluding hydrogens is 292 g/mol. The molecule has 1 atom stereocenters. The first-order valence-electron chi connectivity index (χ1n) is 8.65. The van der Waals surface area contributed by atoms with Gasteiger partial charge < -0.3 is 19.6 Å². The lowest BCUT2D eigenvalue weighted by atomic mass is 9.96. The van der Waals surface area contributed by atoms with Gasteiger partial charge in [-0.1, -0.05) is 12.1 Å². The van der Waals surface area contributed by atoms with Gasteiger partial charge in [0.05, 0.1) is 13.2 Å². The molecule has 0 saturated carbocycles. The number of nitrogens with zero attached hydrogens (tertiary/aromatic N) is 2. The van der Waals surface area contributed by atoms with Crippen molar-refractivity contribution in [2.24, 2.45) is 0 Å². The maximum absolute atomic E-state index is 12.8. The lowest BCUT2D eigenvalue weighted by molar-refractivity contribution is 0.0350. The van der Waals surface area contributed by atoms with E-state index < -0.39 is 0 Å². The minimum absolute atomic E-state index is 0.175. The van der Waals surface area contributed by atoms with Gasteiger partial charge in [0, 0.05) is 25.7 Å². The van der Waals surface area contributed by atoms with Crippen LogP contribution in [-0.2, 0) is 11.2 Å². The topological polar surface area (TPSA) is 53.0 Å². The monoisotopic (exact) mass is 318 g/mol. The number of phenols is 1. The highest BCUT2D eigenvalue weighted by atomic mass is 16.5. The zero-order chi connectivity index (χ0) is 16.1.